The van der Waals surface area contributed by atoms with Crippen LogP contribution >= 0.6 is 0 Å². The first kappa shape index (κ1) is 11.6. The Balaban J connectivity index is 0.000000354. The summed E-state index contributed by atoms with van der Waals surface area (Å²) >= 11 is 0. The van der Waals surface area contributed by atoms with E-state index >= 15 is 0 Å². The summed E-state index contributed by atoms with van der Waals surface area (Å²) < 4.78 is 0. The van der Waals surface area contributed by atoms with Gasteiger partial charge in [0.25, 0.3) is 0 Å². The van der Waals surface area contributed by atoms with E-state index in [0.29, 0.717) is 5.78 Å². The molecule has 0 radical (unpaired) electrons. The van der Waals surface area contributed by atoms with Gasteiger partial charge in [-0.3, -0.25) is 4.79 Å². The number of nitrogens with one attached hydrogen (secondary N) is 1. The molecule has 0 amide bonds. The molecule has 1 heterocycles. The molecule has 0 spiro atoms. The van der Waals surface area contributed by atoms with Crippen LogP contribution in [0.25, 0.3) is 0 Å². The van der Waals surface area contributed by atoms with Gasteiger partial charge in [0, 0.05) is 25.9 Å². The van der Waals surface area contributed by atoms with Gasteiger partial charge in [-0.1, -0.05) is 6.92 Å². The lowest BCUT2D eigenvalue weighted by Gasteiger charge is -2.23. The van der Waals surface area contributed by atoms with Gasteiger partial charge in [-0.15, -0.1) is 0 Å². The van der Waals surface area contributed by atoms with Gasteiger partial charge in [0.05, 0.1) is 0 Å². The second-order valence-corrected chi connectivity index (χ2v) is 2.97. The molecule has 0 aromatic heterocycles. The quantitative estimate of drug-likeness (QED) is 0.625. The largest absolute Gasteiger partial charge is 0.323 e. The first-order valence-corrected chi connectivity index (χ1v) is 4.57. The Hall–Kier alpha value is -0.410. The predicted molar refractivity (Wildman–Crippen MR) is 51.3 cm³/mol. The highest BCUT2D eigenvalue weighted by atomic mass is 16.1. The molecule has 1 aliphatic rings. The molecule has 1 N–H and O–H groups in total. The van der Waals surface area contributed by atoms with E-state index in [4.69, 9.17) is 0 Å². The second-order valence-electron chi connectivity index (χ2n) is 2.97. The summed E-state index contributed by atoms with van der Waals surface area (Å²) in [7, 11) is 3.75. The maximum absolute atomic E-state index is 10.7. The monoisotopic (exact) mass is 172 g/mol. The third-order valence-corrected chi connectivity index (χ3v) is 1.86. The van der Waals surface area contributed by atoms with Crippen LogP contribution in [0.1, 0.15) is 19.8 Å². The van der Waals surface area contributed by atoms with Crippen molar-refractivity contribution in [2.45, 2.75) is 19.8 Å². The van der Waals surface area contributed by atoms with Crippen LogP contribution in [0.4, 0.5) is 0 Å². The maximum atomic E-state index is 10.7. The van der Waals surface area contributed by atoms with Gasteiger partial charge in [0.15, 0.2) is 0 Å². The van der Waals surface area contributed by atoms with E-state index in [1.54, 1.807) is 0 Å². The molecule has 0 unspecified atom stereocenters. The van der Waals surface area contributed by atoms with E-state index in [9.17, 15) is 4.79 Å². The van der Waals surface area contributed by atoms with E-state index in [1.807, 2.05) is 14.1 Å². The van der Waals surface area contributed by atoms with Crippen molar-refractivity contribution in [2.24, 2.45) is 0 Å². The van der Waals surface area contributed by atoms with Crippen molar-refractivity contribution >= 4 is 5.78 Å². The number of nitrogens with zero attached hydrogens (tertiary/aromatic N) is 1. The Morgan fingerprint density at radius 2 is 1.75 bits per heavy atom. The fourth-order valence-electron chi connectivity index (χ4n) is 1.12. The molecule has 1 aliphatic heterocycles. The van der Waals surface area contributed by atoms with Crippen molar-refractivity contribution in [2.75, 3.05) is 33.7 Å². The molecule has 3 heteroatoms. The summed E-state index contributed by atoms with van der Waals surface area (Å²) in [5.74, 6) is 0.430. The highest BCUT2D eigenvalue weighted by molar-refractivity contribution is 5.79. The predicted octanol–water partition coefficient (Wildman–Crippen LogP) is 0.507. The molecule has 1 rings (SSSR count). The van der Waals surface area contributed by atoms with Crippen LogP contribution in [0.5, 0.6) is 0 Å². The average Bonchev–Trinajstić information content (AvgIpc) is 2.07. The van der Waals surface area contributed by atoms with Gasteiger partial charge in [0.2, 0.25) is 0 Å². The first-order chi connectivity index (χ1) is 5.74. The lowest BCUT2D eigenvalue weighted by Crippen LogP contribution is -2.33. The Labute approximate surface area is 75.1 Å². The highest BCUT2D eigenvalue weighted by Gasteiger charge is 2.13. The minimum Gasteiger partial charge on any atom is -0.323 e. The number of hydrogen-bond acceptors (Lipinski definition) is 3. The summed E-state index contributed by atoms with van der Waals surface area (Å²) in [6.07, 6.45) is 1.54. The molecular formula is C9H20N2O. The van der Waals surface area contributed by atoms with Gasteiger partial charge >= 0.3 is 0 Å². The van der Waals surface area contributed by atoms with E-state index in [0.717, 1.165) is 32.5 Å². The zero-order valence-electron chi connectivity index (χ0n) is 8.39. The number of carbonyl (C=O) groups is 1. The molecule has 0 atom stereocenters. The van der Waals surface area contributed by atoms with E-state index in [1.165, 1.54) is 0 Å². The zero-order valence-corrected chi connectivity index (χ0v) is 8.39. The molecule has 3 nitrogen and oxygen atoms in total. The molecule has 12 heavy (non-hydrogen) atoms. The Morgan fingerprint density at radius 1 is 1.33 bits per heavy atom. The maximum Gasteiger partial charge on any atom is 0.135 e. The molecular weight excluding hydrogens is 152 g/mol. The lowest BCUT2D eigenvalue weighted by atomic mass is 10.1. The molecule has 0 bridgehead atoms. The van der Waals surface area contributed by atoms with Crippen molar-refractivity contribution in [3.05, 3.63) is 0 Å². The van der Waals surface area contributed by atoms with Gasteiger partial charge in [-0.25, -0.2) is 0 Å². The summed E-state index contributed by atoms with van der Waals surface area (Å²) in [5, 5.41) is 2.75. The molecule has 72 valence electrons. The lowest BCUT2D eigenvalue weighted by molar-refractivity contribution is -0.121. The van der Waals surface area contributed by atoms with Gasteiger partial charge in [-0.05, 0) is 20.6 Å². The third kappa shape index (κ3) is 5.27. The van der Waals surface area contributed by atoms with Crippen LogP contribution in [-0.2, 0) is 4.79 Å². The molecule has 0 aliphatic carbocycles. The van der Waals surface area contributed by atoms with Crippen molar-refractivity contribution in [3.63, 3.8) is 0 Å². The van der Waals surface area contributed by atoms with Gasteiger partial charge < -0.3 is 10.2 Å². The summed E-state index contributed by atoms with van der Waals surface area (Å²) in [6, 6.07) is 0. The van der Waals surface area contributed by atoms with Gasteiger partial charge in [-0.2, -0.15) is 0 Å². The molecule has 1 saturated heterocycles. The Kier molecular flexibility index (Phi) is 7.00. The number of ketones is 1. The van der Waals surface area contributed by atoms with Crippen LogP contribution < -0.4 is 5.32 Å². The summed E-state index contributed by atoms with van der Waals surface area (Å²) in [4.78, 5) is 13.0. The van der Waals surface area contributed by atoms with Crippen LogP contribution in [0.2, 0.25) is 0 Å². The van der Waals surface area contributed by atoms with Crippen molar-refractivity contribution < 1.29 is 4.79 Å². The minimum atomic E-state index is 0.430. The molecule has 0 saturated carbocycles. The standard InChI is InChI=1S/C7H13NO.C2H7N/c1-2-8-5-3-7(9)4-6-8;1-3-2/h2-6H2,1H3;3H,1-2H3. The normalized spacial score (nSPS) is 18.4. The van der Waals surface area contributed by atoms with E-state index < -0.39 is 0 Å². The fraction of sp³-hybridized carbons (Fsp3) is 0.889. The number of carbonyl (C=O) groups excluding carboxylic acids is 1. The zero-order chi connectivity index (χ0) is 9.40. The number of likely N-dealkylation sites (tertiary alicyclic amines) is 1. The second kappa shape index (κ2) is 7.25. The van der Waals surface area contributed by atoms with Crippen LogP contribution in [0, 0.1) is 0 Å². The highest BCUT2D eigenvalue weighted by Crippen LogP contribution is 2.03. The van der Waals surface area contributed by atoms with Crippen molar-refractivity contribution in [1.82, 2.24) is 10.2 Å². The molecule has 0 aromatic rings. The van der Waals surface area contributed by atoms with Crippen LogP contribution in [0.3, 0.4) is 0 Å². The average molecular weight is 172 g/mol. The number of Topliss-reactive ketones (excluding diaryl/α,β-unsaturated/α-hetero) is 1. The Bertz CT molecular complexity index is 116. The number of hydrogen-bond donors (Lipinski definition) is 1. The van der Waals surface area contributed by atoms with Crippen LogP contribution in [-0.4, -0.2) is 44.4 Å². The topological polar surface area (TPSA) is 32.3 Å². The van der Waals surface area contributed by atoms with Crippen LogP contribution in [0.15, 0.2) is 0 Å². The number of rotatable bonds is 1. The third-order valence-electron chi connectivity index (χ3n) is 1.86. The fourth-order valence-corrected chi connectivity index (χ4v) is 1.12. The van der Waals surface area contributed by atoms with E-state index in [-0.39, 0.29) is 0 Å². The van der Waals surface area contributed by atoms with Gasteiger partial charge in [0.1, 0.15) is 5.78 Å². The van der Waals surface area contributed by atoms with Crippen molar-refractivity contribution in [1.29, 1.82) is 0 Å². The summed E-state index contributed by atoms with van der Waals surface area (Å²) in [5.41, 5.74) is 0. The SMILES string of the molecule is CCN1CCC(=O)CC1.CNC. The Morgan fingerprint density at radius 3 is 2.08 bits per heavy atom. The van der Waals surface area contributed by atoms with E-state index in [2.05, 4.69) is 17.1 Å². The first-order valence-electron chi connectivity index (χ1n) is 4.57. The summed E-state index contributed by atoms with van der Waals surface area (Å²) in [6.45, 7) is 5.19. The van der Waals surface area contributed by atoms with Crippen molar-refractivity contribution in [3.8, 4) is 0 Å². The molecule has 0 aromatic carbocycles. The molecule has 1 fully saturated rings. The minimum absolute atomic E-state index is 0.430. The number of piperidine rings is 1. The smallest absolute Gasteiger partial charge is 0.135 e.